The molecule has 0 bridgehead atoms. The Bertz CT molecular complexity index is 858. The molecular weight excluding hydrogens is 340 g/mol. The lowest BCUT2D eigenvalue weighted by molar-refractivity contribution is -0.138. The summed E-state index contributed by atoms with van der Waals surface area (Å²) in [5, 5.41) is 1.90. The van der Waals surface area contributed by atoms with Crippen LogP contribution in [0.25, 0.3) is 10.8 Å². The number of sulfonamides is 1. The second-order valence-electron chi connectivity index (χ2n) is 6.09. The molecule has 0 radical (unpaired) electrons. The quantitative estimate of drug-likeness (QED) is 0.828. The molecule has 1 fully saturated rings. The molecule has 0 aromatic heterocycles. The lowest BCUT2D eigenvalue weighted by Gasteiger charge is -2.30. The average molecular weight is 362 g/mol. The Morgan fingerprint density at radius 1 is 1.16 bits per heavy atom. The van der Waals surface area contributed by atoms with Crippen molar-refractivity contribution in [1.82, 2.24) is 9.79 Å². The molecule has 1 aliphatic heterocycles. The predicted octanol–water partition coefficient (Wildman–Crippen LogP) is 2.31. The molecule has 1 N–H and O–H groups in total. The van der Waals surface area contributed by atoms with Crippen LogP contribution in [-0.4, -0.2) is 38.3 Å². The number of carbonyl (C=O) groups excluding carboxylic acids is 1. The molecule has 1 heterocycles. The highest BCUT2D eigenvalue weighted by atomic mass is 32.2. The smallest absolute Gasteiger partial charge is 0.246 e. The molecule has 2 aromatic carbocycles. The first-order chi connectivity index (χ1) is 12.0. The zero-order valence-electron chi connectivity index (χ0n) is 14.1. The Balaban J connectivity index is 1.72. The summed E-state index contributed by atoms with van der Waals surface area (Å²) in [6.45, 7) is 2.86. The number of rotatable bonds is 5. The van der Waals surface area contributed by atoms with Crippen LogP contribution in [0.4, 0.5) is 0 Å². The molecule has 25 heavy (non-hydrogen) atoms. The second-order valence-corrected chi connectivity index (χ2v) is 8.02. The summed E-state index contributed by atoms with van der Waals surface area (Å²) in [7, 11) is -3.55. The average Bonchev–Trinajstić information content (AvgIpc) is 2.65. The van der Waals surface area contributed by atoms with E-state index in [1.807, 2.05) is 30.3 Å². The van der Waals surface area contributed by atoms with Gasteiger partial charge in [-0.2, -0.15) is 4.31 Å². The van der Waals surface area contributed by atoms with Crippen LogP contribution in [0.5, 0.6) is 0 Å². The van der Waals surface area contributed by atoms with Crippen LogP contribution in [0, 0.1) is 5.92 Å². The van der Waals surface area contributed by atoms with Gasteiger partial charge in [0, 0.05) is 19.0 Å². The van der Waals surface area contributed by atoms with Gasteiger partial charge in [0.05, 0.1) is 11.5 Å². The number of benzene rings is 2. The van der Waals surface area contributed by atoms with Gasteiger partial charge < -0.3 is 0 Å². The van der Waals surface area contributed by atoms with E-state index in [2.05, 4.69) is 5.48 Å². The van der Waals surface area contributed by atoms with E-state index < -0.39 is 10.0 Å². The fraction of sp³-hybridized carbons (Fsp3) is 0.389. The van der Waals surface area contributed by atoms with E-state index in [0.29, 0.717) is 37.4 Å². The van der Waals surface area contributed by atoms with Crippen molar-refractivity contribution in [1.29, 1.82) is 0 Å². The summed E-state index contributed by atoms with van der Waals surface area (Å²) in [6.07, 6.45) is 0.984. The monoisotopic (exact) mass is 362 g/mol. The molecule has 0 saturated carbocycles. The van der Waals surface area contributed by atoms with Gasteiger partial charge >= 0.3 is 0 Å². The van der Waals surface area contributed by atoms with Gasteiger partial charge in [0.25, 0.3) is 0 Å². The Morgan fingerprint density at radius 3 is 2.52 bits per heavy atom. The summed E-state index contributed by atoms with van der Waals surface area (Å²) in [5.74, 6) is -0.390. The highest BCUT2D eigenvalue weighted by Gasteiger charge is 2.32. The molecule has 2 aromatic rings. The van der Waals surface area contributed by atoms with Gasteiger partial charge in [0.15, 0.2) is 0 Å². The van der Waals surface area contributed by atoms with Crippen molar-refractivity contribution < 1.29 is 18.0 Å². The maximum Gasteiger partial charge on any atom is 0.246 e. The van der Waals surface area contributed by atoms with Gasteiger partial charge in [-0.1, -0.05) is 30.3 Å². The van der Waals surface area contributed by atoms with Crippen LogP contribution in [0.15, 0.2) is 47.4 Å². The largest absolute Gasteiger partial charge is 0.274 e. The number of nitrogens with one attached hydrogen (secondary N) is 1. The molecule has 1 saturated heterocycles. The predicted molar refractivity (Wildman–Crippen MR) is 95.2 cm³/mol. The van der Waals surface area contributed by atoms with Gasteiger partial charge in [0.2, 0.25) is 15.9 Å². The summed E-state index contributed by atoms with van der Waals surface area (Å²) in [4.78, 5) is 17.1. The van der Waals surface area contributed by atoms with Crippen molar-refractivity contribution in [3.63, 3.8) is 0 Å². The number of fused-ring (bicyclic) bond motifs is 1. The van der Waals surface area contributed by atoms with Crippen molar-refractivity contribution in [3.05, 3.63) is 42.5 Å². The first-order valence-corrected chi connectivity index (χ1v) is 9.87. The summed E-state index contributed by atoms with van der Waals surface area (Å²) in [5.41, 5.74) is 2.40. The Kier molecular flexibility index (Phi) is 5.36. The van der Waals surface area contributed by atoms with E-state index in [4.69, 9.17) is 4.84 Å². The van der Waals surface area contributed by atoms with Gasteiger partial charge in [-0.05, 0) is 42.7 Å². The lowest BCUT2D eigenvalue weighted by atomic mass is 9.98. The van der Waals surface area contributed by atoms with E-state index in [1.54, 1.807) is 19.1 Å². The summed E-state index contributed by atoms with van der Waals surface area (Å²) < 4.78 is 27.2. The van der Waals surface area contributed by atoms with Crippen LogP contribution in [-0.2, 0) is 19.7 Å². The zero-order valence-corrected chi connectivity index (χ0v) is 15.0. The van der Waals surface area contributed by atoms with Crippen LogP contribution >= 0.6 is 0 Å². The fourth-order valence-electron chi connectivity index (χ4n) is 3.06. The number of carbonyl (C=O) groups is 1. The third kappa shape index (κ3) is 3.84. The molecule has 6 nitrogen and oxygen atoms in total. The van der Waals surface area contributed by atoms with Crippen LogP contribution in [0.2, 0.25) is 0 Å². The normalized spacial score (nSPS) is 16.8. The highest BCUT2D eigenvalue weighted by Crippen LogP contribution is 2.26. The third-order valence-corrected chi connectivity index (χ3v) is 6.40. The van der Waals surface area contributed by atoms with Gasteiger partial charge in [-0.25, -0.2) is 13.9 Å². The van der Waals surface area contributed by atoms with Crippen LogP contribution in [0.1, 0.15) is 19.8 Å². The number of nitrogens with zero attached hydrogens (tertiary/aromatic N) is 1. The molecular formula is C18H22N2O4S. The molecule has 1 aliphatic rings. The van der Waals surface area contributed by atoms with Gasteiger partial charge in [-0.3, -0.25) is 9.63 Å². The molecule has 0 spiro atoms. The fourth-order valence-corrected chi connectivity index (χ4v) is 4.57. The lowest BCUT2D eigenvalue weighted by Crippen LogP contribution is -2.43. The Labute approximate surface area is 147 Å². The molecule has 1 amide bonds. The zero-order chi connectivity index (χ0) is 17.9. The van der Waals surface area contributed by atoms with Crippen LogP contribution < -0.4 is 5.48 Å². The second kappa shape index (κ2) is 7.51. The molecule has 0 unspecified atom stereocenters. The standard InChI is InChI=1S/C18H22N2O4S/c1-2-24-19-18(21)15-9-11-20(12-10-15)25(22,23)17-8-7-14-5-3-4-6-16(14)13-17/h3-8,13,15H,2,9-12H2,1H3,(H,19,21). The van der Waals surface area contributed by atoms with E-state index in [1.165, 1.54) is 4.31 Å². The van der Waals surface area contributed by atoms with Crippen molar-refractivity contribution >= 4 is 26.7 Å². The van der Waals surface area contributed by atoms with Crippen LogP contribution in [0.3, 0.4) is 0 Å². The minimum atomic E-state index is -3.55. The van der Waals surface area contributed by atoms with E-state index in [-0.39, 0.29) is 11.8 Å². The number of amides is 1. The maximum atomic E-state index is 12.9. The SMILES string of the molecule is CCONC(=O)C1CCN(S(=O)(=O)c2ccc3ccccc3c2)CC1. The minimum absolute atomic E-state index is 0.176. The maximum absolute atomic E-state index is 12.9. The van der Waals surface area contributed by atoms with Gasteiger partial charge in [0.1, 0.15) is 0 Å². The number of piperidine rings is 1. The highest BCUT2D eigenvalue weighted by molar-refractivity contribution is 7.89. The number of hydroxylamine groups is 1. The Hall–Kier alpha value is -1.96. The van der Waals surface area contributed by atoms with Crippen molar-refractivity contribution in [2.45, 2.75) is 24.7 Å². The molecule has 7 heteroatoms. The third-order valence-electron chi connectivity index (χ3n) is 4.50. The molecule has 0 aliphatic carbocycles. The van der Waals surface area contributed by atoms with Crippen molar-refractivity contribution in [3.8, 4) is 0 Å². The van der Waals surface area contributed by atoms with Crippen molar-refractivity contribution in [2.75, 3.05) is 19.7 Å². The van der Waals surface area contributed by atoms with E-state index in [0.717, 1.165) is 10.8 Å². The van der Waals surface area contributed by atoms with Gasteiger partial charge in [-0.15, -0.1) is 0 Å². The first-order valence-electron chi connectivity index (χ1n) is 8.43. The number of hydrogen-bond acceptors (Lipinski definition) is 4. The molecule has 0 atom stereocenters. The Morgan fingerprint density at radius 2 is 1.84 bits per heavy atom. The molecule has 3 rings (SSSR count). The van der Waals surface area contributed by atoms with Crippen molar-refractivity contribution in [2.24, 2.45) is 5.92 Å². The van der Waals surface area contributed by atoms with E-state index in [9.17, 15) is 13.2 Å². The molecule has 134 valence electrons. The van der Waals surface area contributed by atoms with E-state index >= 15 is 0 Å². The number of hydrogen-bond donors (Lipinski definition) is 1. The first kappa shape index (κ1) is 17.8. The minimum Gasteiger partial charge on any atom is -0.274 e. The summed E-state index contributed by atoms with van der Waals surface area (Å²) in [6, 6.07) is 12.8. The summed E-state index contributed by atoms with van der Waals surface area (Å²) >= 11 is 0. The topological polar surface area (TPSA) is 75.7 Å².